The first-order chi connectivity index (χ1) is 8.77. The maximum atomic E-state index is 12.5. The first-order valence-corrected chi connectivity index (χ1v) is 7.09. The van der Waals surface area contributed by atoms with Gasteiger partial charge in [-0.05, 0) is 19.0 Å². The van der Waals surface area contributed by atoms with Gasteiger partial charge >= 0.3 is 0 Å². The molecule has 1 fully saturated rings. The highest BCUT2D eigenvalue weighted by atomic mass is 35.5. The number of rotatable bonds is 2. The number of likely N-dealkylation sites (N-methyl/N-ethyl adjacent to an activating group) is 1. The minimum Gasteiger partial charge on any atom is -0.337 e. The molecular weight excluding hydrogens is 280 g/mol. The number of benzene rings is 1. The van der Waals surface area contributed by atoms with Gasteiger partial charge < -0.3 is 10.2 Å². The summed E-state index contributed by atoms with van der Waals surface area (Å²) in [5.41, 5.74) is 0.838. The van der Waals surface area contributed by atoms with E-state index >= 15 is 0 Å². The molecule has 1 unspecified atom stereocenters. The Morgan fingerprint density at radius 1 is 1.42 bits per heavy atom. The molecule has 0 aliphatic carbocycles. The van der Waals surface area contributed by atoms with Gasteiger partial charge in [0.1, 0.15) is 0 Å². The molecule has 2 aromatic rings. The molecule has 1 amide bonds. The van der Waals surface area contributed by atoms with Crippen molar-refractivity contribution >= 4 is 39.7 Å². The zero-order chi connectivity index (χ0) is 12.5. The molecule has 1 N–H and O–H groups in total. The van der Waals surface area contributed by atoms with Crippen LogP contribution in [0.25, 0.3) is 10.1 Å². The van der Waals surface area contributed by atoms with E-state index in [1.165, 1.54) is 4.70 Å². The summed E-state index contributed by atoms with van der Waals surface area (Å²) in [6.07, 6.45) is 1.05. The van der Waals surface area contributed by atoms with E-state index in [2.05, 4.69) is 11.4 Å². The number of nitrogens with one attached hydrogen (secondary N) is 1. The summed E-state index contributed by atoms with van der Waals surface area (Å²) in [6.45, 7) is 1.91. The predicted octanol–water partition coefficient (Wildman–Crippen LogP) is 2.76. The Kier molecular flexibility index (Phi) is 4.45. The van der Waals surface area contributed by atoms with Crippen molar-refractivity contribution in [2.75, 3.05) is 20.1 Å². The van der Waals surface area contributed by atoms with Crippen molar-refractivity contribution < 1.29 is 4.79 Å². The van der Waals surface area contributed by atoms with E-state index in [4.69, 9.17) is 0 Å². The van der Waals surface area contributed by atoms with E-state index in [-0.39, 0.29) is 18.3 Å². The van der Waals surface area contributed by atoms with E-state index in [9.17, 15) is 4.79 Å². The Hall–Kier alpha value is -1.10. The predicted molar refractivity (Wildman–Crippen MR) is 82.4 cm³/mol. The zero-order valence-electron chi connectivity index (χ0n) is 10.8. The van der Waals surface area contributed by atoms with Gasteiger partial charge in [0.2, 0.25) is 0 Å². The molecule has 19 heavy (non-hydrogen) atoms. The molecule has 0 spiro atoms. The molecule has 1 aliphatic rings. The molecule has 1 saturated heterocycles. The van der Waals surface area contributed by atoms with Crippen LogP contribution in [0.4, 0.5) is 0 Å². The highest BCUT2D eigenvalue weighted by molar-refractivity contribution is 7.17. The lowest BCUT2D eigenvalue weighted by atomic mass is 10.1. The average Bonchev–Trinajstić information content (AvgIpc) is 3.06. The number of fused-ring (bicyclic) bond motifs is 1. The smallest absolute Gasteiger partial charge is 0.255 e. The Balaban J connectivity index is 0.00000133. The van der Waals surface area contributed by atoms with Crippen LogP contribution in [-0.2, 0) is 0 Å². The summed E-state index contributed by atoms with van der Waals surface area (Å²) in [6, 6.07) is 8.42. The van der Waals surface area contributed by atoms with Crippen molar-refractivity contribution in [3.8, 4) is 0 Å². The molecule has 3 rings (SSSR count). The summed E-state index contributed by atoms with van der Waals surface area (Å²) in [5.74, 6) is 0.140. The number of carbonyl (C=O) groups is 1. The molecule has 2 heterocycles. The lowest BCUT2D eigenvalue weighted by molar-refractivity contribution is 0.0746. The lowest BCUT2D eigenvalue weighted by Crippen LogP contribution is -2.38. The average molecular weight is 297 g/mol. The number of amides is 1. The topological polar surface area (TPSA) is 32.3 Å². The van der Waals surface area contributed by atoms with Gasteiger partial charge in [0.05, 0.1) is 5.56 Å². The third-order valence-electron chi connectivity index (χ3n) is 3.61. The van der Waals surface area contributed by atoms with Crippen LogP contribution in [0.15, 0.2) is 29.6 Å². The Labute approximate surface area is 123 Å². The van der Waals surface area contributed by atoms with Crippen LogP contribution in [0.5, 0.6) is 0 Å². The first kappa shape index (κ1) is 14.3. The quantitative estimate of drug-likeness (QED) is 0.924. The lowest BCUT2D eigenvalue weighted by Gasteiger charge is -2.23. The molecule has 1 atom stereocenters. The fourth-order valence-electron chi connectivity index (χ4n) is 2.47. The third-order valence-corrected chi connectivity index (χ3v) is 4.58. The van der Waals surface area contributed by atoms with Crippen LogP contribution in [0, 0.1) is 0 Å². The minimum absolute atomic E-state index is 0. The van der Waals surface area contributed by atoms with E-state index in [1.807, 2.05) is 35.5 Å². The van der Waals surface area contributed by atoms with Gasteiger partial charge in [-0.25, -0.2) is 0 Å². The normalized spacial score (nSPS) is 18.3. The van der Waals surface area contributed by atoms with E-state index in [0.29, 0.717) is 6.04 Å². The number of hydrogen-bond donors (Lipinski definition) is 1. The summed E-state index contributed by atoms with van der Waals surface area (Å²) in [5, 5.41) is 6.35. The van der Waals surface area contributed by atoms with Gasteiger partial charge in [-0.3, -0.25) is 4.79 Å². The van der Waals surface area contributed by atoms with Crippen molar-refractivity contribution in [1.29, 1.82) is 0 Å². The van der Waals surface area contributed by atoms with Gasteiger partial charge in [0.15, 0.2) is 0 Å². The van der Waals surface area contributed by atoms with Gasteiger partial charge in [-0.15, -0.1) is 23.7 Å². The van der Waals surface area contributed by atoms with Crippen LogP contribution in [0.3, 0.4) is 0 Å². The third kappa shape index (κ3) is 2.61. The highest BCUT2D eigenvalue weighted by Crippen LogP contribution is 2.27. The maximum absolute atomic E-state index is 12.5. The van der Waals surface area contributed by atoms with Crippen LogP contribution < -0.4 is 5.32 Å². The molecule has 0 saturated carbocycles. The summed E-state index contributed by atoms with van der Waals surface area (Å²) < 4.78 is 1.18. The van der Waals surface area contributed by atoms with Gasteiger partial charge in [0.25, 0.3) is 5.91 Å². The van der Waals surface area contributed by atoms with E-state index < -0.39 is 0 Å². The van der Waals surface area contributed by atoms with Gasteiger partial charge in [0, 0.05) is 35.1 Å². The molecule has 0 radical (unpaired) electrons. The number of carbonyl (C=O) groups excluding carboxylic acids is 1. The SMILES string of the molecule is CN(C(=O)c1csc2ccccc12)C1CCNC1.Cl. The Morgan fingerprint density at radius 2 is 2.21 bits per heavy atom. The molecule has 1 aromatic carbocycles. The second kappa shape index (κ2) is 5.90. The second-order valence-electron chi connectivity index (χ2n) is 4.71. The molecule has 0 bridgehead atoms. The molecule has 1 aliphatic heterocycles. The fourth-order valence-corrected chi connectivity index (χ4v) is 3.40. The van der Waals surface area contributed by atoms with Crippen molar-refractivity contribution in [3.63, 3.8) is 0 Å². The van der Waals surface area contributed by atoms with Crippen molar-refractivity contribution in [1.82, 2.24) is 10.2 Å². The highest BCUT2D eigenvalue weighted by Gasteiger charge is 2.25. The van der Waals surface area contributed by atoms with Crippen LogP contribution in [-0.4, -0.2) is 37.0 Å². The molecular formula is C14H17ClN2OS. The van der Waals surface area contributed by atoms with Gasteiger partial charge in [-0.2, -0.15) is 0 Å². The maximum Gasteiger partial charge on any atom is 0.255 e. The fraction of sp³-hybridized carbons (Fsp3) is 0.357. The number of hydrogen-bond acceptors (Lipinski definition) is 3. The van der Waals surface area contributed by atoms with Crippen molar-refractivity contribution in [2.24, 2.45) is 0 Å². The van der Waals surface area contributed by atoms with E-state index in [1.54, 1.807) is 11.3 Å². The Morgan fingerprint density at radius 3 is 2.95 bits per heavy atom. The monoisotopic (exact) mass is 296 g/mol. The molecule has 1 aromatic heterocycles. The minimum atomic E-state index is 0. The number of nitrogens with zero attached hydrogens (tertiary/aromatic N) is 1. The standard InChI is InChI=1S/C14H16N2OS.ClH/c1-16(10-6-7-15-8-10)14(17)12-9-18-13-5-3-2-4-11(12)13;/h2-5,9-10,15H,6-8H2,1H3;1H. The molecule has 102 valence electrons. The number of halogens is 1. The van der Waals surface area contributed by atoms with Crippen molar-refractivity contribution in [3.05, 3.63) is 35.2 Å². The zero-order valence-corrected chi connectivity index (χ0v) is 12.4. The number of thiophene rings is 1. The van der Waals surface area contributed by atoms with Crippen LogP contribution in [0.1, 0.15) is 16.8 Å². The van der Waals surface area contributed by atoms with Crippen LogP contribution in [0.2, 0.25) is 0 Å². The molecule has 3 nitrogen and oxygen atoms in total. The van der Waals surface area contributed by atoms with Crippen LogP contribution >= 0.6 is 23.7 Å². The summed E-state index contributed by atoms with van der Waals surface area (Å²) in [7, 11) is 1.91. The Bertz CT molecular complexity index is 578. The largest absolute Gasteiger partial charge is 0.337 e. The first-order valence-electron chi connectivity index (χ1n) is 6.21. The van der Waals surface area contributed by atoms with Crippen molar-refractivity contribution in [2.45, 2.75) is 12.5 Å². The van der Waals surface area contributed by atoms with Gasteiger partial charge in [-0.1, -0.05) is 18.2 Å². The van der Waals surface area contributed by atoms with E-state index in [0.717, 1.165) is 30.5 Å². The summed E-state index contributed by atoms with van der Waals surface area (Å²) >= 11 is 1.64. The summed E-state index contributed by atoms with van der Waals surface area (Å²) in [4.78, 5) is 14.4. The molecule has 5 heteroatoms. The second-order valence-corrected chi connectivity index (χ2v) is 5.62.